The summed E-state index contributed by atoms with van der Waals surface area (Å²) < 4.78 is 44.0. The van der Waals surface area contributed by atoms with Crippen molar-refractivity contribution in [1.82, 2.24) is 15.6 Å². The summed E-state index contributed by atoms with van der Waals surface area (Å²) in [5.74, 6) is -0.928. The van der Waals surface area contributed by atoms with E-state index in [2.05, 4.69) is 10.3 Å². The van der Waals surface area contributed by atoms with Gasteiger partial charge in [0.15, 0.2) is 0 Å². The molecule has 1 amide bonds. The molecule has 0 unspecified atom stereocenters. The van der Waals surface area contributed by atoms with Gasteiger partial charge < -0.3 is 15.5 Å². The van der Waals surface area contributed by atoms with Crippen molar-refractivity contribution in [2.45, 2.75) is 6.85 Å². The Bertz CT molecular complexity index is 580. The van der Waals surface area contributed by atoms with Crippen molar-refractivity contribution in [2.24, 2.45) is 0 Å². The van der Waals surface area contributed by atoms with E-state index >= 15 is 0 Å². The lowest BCUT2D eigenvalue weighted by atomic mass is 10.2. The standard InChI is InChI=1S/C12H18N4O/c1-9-11(16-7-5-14-6-8-16)4-3-10(15-9)12(17)13-2/h3-4,14H,5-8H2,1-2H3,(H,13,17)/i1D3,2D3. The topological polar surface area (TPSA) is 57.3 Å². The number of carbonyl (C=O) groups excluding carboxylic acids is 1. The van der Waals surface area contributed by atoms with Crippen LogP contribution in [0.2, 0.25) is 0 Å². The van der Waals surface area contributed by atoms with E-state index in [-0.39, 0.29) is 11.4 Å². The molecule has 2 rings (SSSR count). The lowest BCUT2D eigenvalue weighted by molar-refractivity contribution is 0.0958. The number of hydrogen-bond donors (Lipinski definition) is 2. The summed E-state index contributed by atoms with van der Waals surface area (Å²) in [5.41, 5.74) is 0.0145. The summed E-state index contributed by atoms with van der Waals surface area (Å²) in [7, 11) is 0. The van der Waals surface area contributed by atoms with Crippen LogP contribution in [0.25, 0.3) is 0 Å². The smallest absolute Gasteiger partial charge is 0.269 e. The zero-order valence-electron chi connectivity index (χ0n) is 15.3. The van der Waals surface area contributed by atoms with Gasteiger partial charge in [0.05, 0.1) is 11.4 Å². The van der Waals surface area contributed by atoms with Crippen LogP contribution in [0.3, 0.4) is 0 Å². The van der Waals surface area contributed by atoms with Gasteiger partial charge in [0, 0.05) is 41.4 Å². The minimum Gasteiger partial charge on any atom is -0.368 e. The first-order chi connectivity index (χ1) is 10.6. The molecule has 1 aromatic rings. The lowest BCUT2D eigenvalue weighted by Gasteiger charge is -2.30. The molecule has 0 atom stereocenters. The van der Waals surface area contributed by atoms with E-state index in [0.29, 0.717) is 18.8 Å². The second-order valence-electron chi connectivity index (χ2n) is 3.76. The van der Waals surface area contributed by atoms with Gasteiger partial charge in [0.1, 0.15) is 5.69 Å². The minimum absolute atomic E-state index is 0.197. The highest BCUT2D eigenvalue weighted by atomic mass is 16.1. The largest absolute Gasteiger partial charge is 0.368 e. The second kappa shape index (κ2) is 5.14. The van der Waals surface area contributed by atoms with Crippen molar-refractivity contribution in [1.29, 1.82) is 0 Å². The van der Waals surface area contributed by atoms with Crippen LogP contribution in [0, 0.1) is 6.85 Å². The van der Waals surface area contributed by atoms with Crippen molar-refractivity contribution in [3.05, 3.63) is 23.5 Å². The fraction of sp³-hybridized carbons (Fsp3) is 0.500. The van der Waals surface area contributed by atoms with Crippen LogP contribution in [-0.2, 0) is 0 Å². The van der Waals surface area contributed by atoms with Gasteiger partial charge in [0.2, 0.25) is 0 Å². The molecule has 0 radical (unpaired) electrons. The Kier molecular flexibility index (Phi) is 1.92. The Morgan fingerprint density at radius 1 is 1.53 bits per heavy atom. The minimum atomic E-state index is -2.66. The fourth-order valence-corrected chi connectivity index (χ4v) is 1.80. The van der Waals surface area contributed by atoms with Crippen LogP contribution in [0.1, 0.15) is 24.4 Å². The van der Waals surface area contributed by atoms with Gasteiger partial charge in [-0.05, 0) is 19.0 Å². The van der Waals surface area contributed by atoms with Crippen LogP contribution < -0.4 is 15.5 Å². The number of carbonyl (C=O) groups is 1. The highest BCUT2D eigenvalue weighted by Crippen LogP contribution is 2.18. The van der Waals surface area contributed by atoms with Crippen LogP contribution in [0.15, 0.2) is 12.1 Å². The van der Waals surface area contributed by atoms with Crippen LogP contribution in [0.4, 0.5) is 5.69 Å². The zero-order valence-corrected chi connectivity index (χ0v) is 9.29. The van der Waals surface area contributed by atoms with Crippen LogP contribution >= 0.6 is 0 Å². The third kappa shape index (κ3) is 2.55. The summed E-state index contributed by atoms with van der Waals surface area (Å²) in [4.78, 5) is 17.7. The molecule has 1 saturated heterocycles. The molecule has 17 heavy (non-hydrogen) atoms. The first-order valence-corrected chi connectivity index (χ1v) is 5.38. The maximum Gasteiger partial charge on any atom is 0.269 e. The van der Waals surface area contributed by atoms with Crippen molar-refractivity contribution >= 4 is 11.6 Å². The molecule has 2 N–H and O–H groups in total. The number of anilines is 1. The maximum atomic E-state index is 11.9. The first kappa shape index (κ1) is 6.35. The first-order valence-electron chi connectivity index (χ1n) is 8.38. The predicted octanol–water partition coefficient (Wildman–Crippen LogP) is 0.159. The Labute approximate surface area is 110 Å². The molecule has 1 fully saturated rings. The average Bonchev–Trinajstić information content (AvgIpc) is 2.45. The van der Waals surface area contributed by atoms with Crippen molar-refractivity contribution in [3.63, 3.8) is 0 Å². The molecule has 0 aliphatic carbocycles. The monoisotopic (exact) mass is 240 g/mol. The summed E-state index contributed by atoms with van der Waals surface area (Å²) in [5, 5.41) is 4.97. The summed E-state index contributed by atoms with van der Waals surface area (Å²) in [6, 6.07) is 2.85. The van der Waals surface area contributed by atoms with Crippen molar-refractivity contribution in [3.8, 4) is 0 Å². The third-order valence-corrected chi connectivity index (χ3v) is 2.68. The van der Waals surface area contributed by atoms with Gasteiger partial charge in [-0.25, -0.2) is 4.98 Å². The Hall–Kier alpha value is -1.62. The molecule has 1 aromatic heterocycles. The van der Waals surface area contributed by atoms with E-state index in [9.17, 15) is 4.79 Å². The number of amides is 1. The van der Waals surface area contributed by atoms with Gasteiger partial charge in [-0.3, -0.25) is 4.79 Å². The maximum absolute atomic E-state index is 11.9. The lowest BCUT2D eigenvalue weighted by Crippen LogP contribution is -2.43. The van der Waals surface area contributed by atoms with Gasteiger partial charge in [-0.1, -0.05) is 0 Å². The van der Waals surface area contributed by atoms with E-state index in [0.717, 1.165) is 13.1 Å². The SMILES string of the molecule is [2H]C([2H])([2H])NC(=O)c1ccc(N2CCNCC2)c(C([2H])([2H])[2H])n1. The summed E-state index contributed by atoms with van der Waals surface area (Å²) >= 11 is 0. The molecule has 5 nitrogen and oxygen atoms in total. The van der Waals surface area contributed by atoms with Gasteiger partial charge in [0.25, 0.3) is 5.91 Å². The Morgan fingerprint density at radius 3 is 3.06 bits per heavy atom. The molecule has 1 aliphatic heterocycles. The molecular formula is C12H18N4O. The van der Waals surface area contributed by atoms with Gasteiger partial charge in [-0.15, -0.1) is 0 Å². The van der Waals surface area contributed by atoms with E-state index < -0.39 is 19.7 Å². The molecule has 1 aliphatic rings. The normalized spacial score (nSPS) is 22.5. The second-order valence-corrected chi connectivity index (χ2v) is 3.76. The summed E-state index contributed by atoms with van der Waals surface area (Å²) in [6.07, 6.45) is 0. The number of rotatable bonds is 2. The van der Waals surface area contributed by atoms with E-state index in [4.69, 9.17) is 8.22 Å². The summed E-state index contributed by atoms with van der Waals surface area (Å²) in [6.45, 7) is -2.45. The van der Waals surface area contributed by atoms with Crippen LogP contribution in [0.5, 0.6) is 0 Å². The molecule has 0 bridgehead atoms. The zero-order chi connectivity index (χ0) is 17.3. The molecule has 2 heterocycles. The van der Waals surface area contributed by atoms with Crippen molar-refractivity contribution in [2.75, 3.05) is 38.1 Å². The highest BCUT2D eigenvalue weighted by Gasteiger charge is 2.14. The van der Waals surface area contributed by atoms with Crippen molar-refractivity contribution < 1.29 is 13.0 Å². The molecule has 0 saturated carbocycles. The number of nitrogens with zero attached hydrogens (tertiary/aromatic N) is 2. The fourth-order valence-electron chi connectivity index (χ4n) is 1.80. The van der Waals surface area contributed by atoms with Crippen LogP contribution in [-0.4, -0.2) is 44.0 Å². The highest BCUT2D eigenvalue weighted by molar-refractivity contribution is 5.92. The number of hydrogen-bond acceptors (Lipinski definition) is 4. The number of piperazine rings is 1. The Morgan fingerprint density at radius 2 is 2.35 bits per heavy atom. The quantitative estimate of drug-likeness (QED) is 0.773. The average molecular weight is 240 g/mol. The van der Waals surface area contributed by atoms with E-state index in [1.807, 2.05) is 4.90 Å². The Balaban J connectivity index is 2.36. The van der Waals surface area contributed by atoms with Gasteiger partial charge in [-0.2, -0.15) is 0 Å². The van der Waals surface area contributed by atoms with E-state index in [1.165, 1.54) is 12.1 Å². The number of pyridine rings is 1. The number of aryl methyl sites for hydroxylation is 1. The van der Waals surface area contributed by atoms with Gasteiger partial charge >= 0.3 is 0 Å². The van der Waals surface area contributed by atoms with E-state index in [1.54, 1.807) is 5.32 Å². The molecule has 5 heteroatoms. The molecule has 0 spiro atoms. The number of nitrogens with one attached hydrogen (secondary N) is 2. The third-order valence-electron chi connectivity index (χ3n) is 2.68. The predicted molar refractivity (Wildman–Crippen MR) is 67.4 cm³/mol. The number of aromatic nitrogens is 1. The molecule has 0 aromatic carbocycles. The molecule has 92 valence electrons. The molecular weight excluding hydrogens is 216 g/mol.